The second-order valence-corrected chi connectivity index (χ2v) is 4.46. The summed E-state index contributed by atoms with van der Waals surface area (Å²) < 4.78 is 38.0. The van der Waals surface area contributed by atoms with Gasteiger partial charge in [-0.2, -0.15) is 18.4 Å². The van der Waals surface area contributed by atoms with Gasteiger partial charge in [0.15, 0.2) is 0 Å². The van der Waals surface area contributed by atoms with Crippen LogP contribution in [0.2, 0.25) is 0 Å². The summed E-state index contributed by atoms with van der Waals surface area (Å²) in [6.45, 7) is 0.382. The summed E-state index contributed by atoms with van der Waals surface area (Å²) in [5.74, 6) is 0. The Hall–Kier alpha value is -1.97. The third-order valence-corrected chi connectivity index (χ3v) is 2.96. The fourth-order valence-corrected chi connectivity index (χ4v) is 1.92. The van der Waals surface area contributed by atoms with E-state index in [0.717, 1.165) is 25.1 Å². The Morgan fingerprint density at radius 2 is 2.16 bits per heavy atom. The molecule has 1 heterocycles. The van der Waals surface area contributed by atoms with Gasteiger partial charge in [-0.15, -0.1) is 0 Å². The number of nitrogens with zero attached hydrogens (tertiary/aromatic N) is 3. The molecular weight excluding hydrogens is 257 g/mol. The van der Waals surface area contributed by atoms with Crippen molar-refractivity contribution < 1.29 is 13.2 Å². The molecule has 0 amide bonds. The van der Waals surface area contributed by atoms with Gasteiger partial charge in [-0.05, 0) is 18.9 Å². The quantitative estimate of drug-likeness (QED) is 0.913. The molecule has 19 heavy (non-hydrogen) atoms. The summed E-state index contributed by atoms with van der Waals surface area (Å²) in [5, 5.41) is 8.62. The zero-order valence-electron chi connectivity index (χ0n) is 10.1. The lowest BCUT2D eigenvalue weighted by Crippen LogP contribution is -2.28. The number of aromatic nitrogens is 1. The van der Waals surface area contributed by atoms with Crippen molar-refractivity contribution in [1.29, 1.82) is 5.26 Å². The van der Waals surface area contributed by atoms with Gasteiger partial charge in [-0.25, -0.2) is 4.98 Å². The minimum absolute atomic E-state index is 0.180. The SMILES string of the molecule is N#CCCN(c1cc(C(F)(F)F)ncc1N)C1CC1. The van der Waals surface area contributed by atoms with E-state index in [2.05, 4.69) is 4.98 Å². The molecule has 1 aromatic heterocycles. The van der Waals surface area contributed by atoms with Crippen LogP contribution in [0.15, 0.2) is 12.3 Å². The van der Waals surface area contributed by atoms with E-state index in [4.69, 9.17) is 11.0 Å². The van der Waals surface area contributed by atoms with Crippen LogP contribution >= 0.6 is 0 Å². The molecule has 0 saturated heterocycles. The monoisotopic (exact) mass is 270 g/mol. The first-order valence-electron chi connectivity index (χ1n) is 5.90. The van der Waals surface area contributed by atoms with Crippen molar-refractivity contribution >= 4 is 11.4 Å². The molecule has 102 valence electrons. The van der Waals surface area contributed by atoms with Crippen molar-refractivity contribution in [2.24, 2.45) is 0 Å². The van der Waals surface area contributed by atoms with Crippen molar-refractivity contribution in [3.8, 4) is 6.07 Å². The zero-order valence-corrected chi connectivity index (χ0v) is 10.1. The highest BCUT2D eigenvalue weighted by Crippen LogP contribution is 2.37. The van der Waals surface area contributed by atoms with E-state index in [0.29, 0.717) is 12.2 Å². The van der Waals surface area contributed by atoms with E-state index in [1.165, 1.54) is 0 Å². The van der Waals surface area contributed by atoms with Gasteiger partial charge in [0.2, 0.25) is 0 Å². The molecule has 1 saturated carbocycles. The lowest BCUT2D eigenvalue weighted by atomic mass is 10.2. The molecule has 1 fully saturated rings. The fraction of sp³-hybridized carbons (Fsp3) is 0.500. The highest BCUT2D eigenvalue weighted by molar-refractivity contribution is 5.68. The van der Waals surface area contributed by atoms with E-state index in [1.807, 2.05) is 6.07 Å². The van der Waals surface area contributed by atoms with E-state index < -0.39 is 11.9 Å². The van der Waals surface area contributed by atoms with Gasteiger partial charge in [-0.3, -0.25) is 0 Å². The smallest absolute Gasteiger partial charge is 0.396 e. The molecule has 1 aliphatic carbocycles. The molecule has 0 bridgehead atoms. The predicted molar refractivity (Wildman–Crippen MR) is 64.2 cm³/mol. The molecule has 2 rings (SSSR count). The number of anilines is 2. The van der Waals surface area contributed by atoms with Crippen molar-refractivity contribution in [1.82, 2.24) is 4.98 Å². The summed E-state index contributed by atoms with van der Waals surface area (Å²) in [4.78, 5) is 5.08. The summed E-state index contributed by atoms with van der Waals surface area (Å²) in [6, 6.07) is 3.14. The van der Waals surface area contributed by atoms with Gasteiger partial charge in [0.1, 0.15) is 5.69 Å². The van der Waals surface area contributed by atoms with E-state index >= 15 is 0 Å². The number of halogens is 3. The maximum atomic E-state index is 12.7. The van der Waals surface area contributed by atoms with Crippen LogP contribution in [0.1, 0.15) is 25.0 Å². The van der Waals surface area contributed by atoms with Gasteiger partial charge in [0.05, 0.1) is 30.1 Å². The lowest BCUT2D eigenvalue weighted by Gasteiger charge is -2.25. The first kappa shape index (κ1) is 13.5. The Bertz CT molecular complexity index is 503. The van der Waals surface area contributed by atoms with Crippen LogP contribution in [0, 0.1) is 11.3 Å². The summed E-state index contributed by atoms with van der Waals surface area (Å²) in [5.41, 5.74) is 5.28. The van der Waals surface area contributed by atoms with Crippen LogP contribution in [-0.2, 0) is 6.18 Å². The highest BCUT2D eigenvalue weighted by atomic mass is 19.4. The van der Waals surface area contributed by atoms with Crippen LogP contribution in [-0.4, -0.2) is 17.6 Å². The minimum atomic E-state index is -4.49. The van der Waals surface area contributed by atoms with Gasteiger partial charge >= 0.3 is 6.18 Å². The van der Waals surface area contributed by atoms with Crippen molar-refractivity contribution in [3.05, 3.63) is 18.0 Å². The van der Waals surface area contributed by atoms with Gasteiger partial charge in [-0.1, -0.05) is 0 Å². The minimum Gasteiger partial charge on any atom is -0.396 e. The number of alkyl halides is 3. The zero-order chi connectivity index (χ0) is 14.0. The molecule has 0 aromatic carbocycles. The maximum Gasteiger partial charge on any atom is 0.433 e. The van der Waals surface area contributed by atoms with Crippen molar-refractivity contribution in [2.45, 2.75) is 31.5 Å². The summed E-state index contributed by atoms with van der Waals surface area (Å²) >= 11 is 0. The third-order valence-electron chi connectivity index (χ3n) is 2.96. The number of hydrogen-bond acceptors (Lipinski definition) is 4. The normalized spacial score (nSPS) is 15.1. The standard InChI is InChI=1S/C12H13F3N4/c13-12(14,15)11-6-10(9(17)7-18-11)19(5-1-4-16)8-2-3-8/h6-8H,1-3,5,17H2. The molecule has 0 aliphatic heterocycles. The number of rotatable bonds is 4. The lowest BCUT2D eigenvalue weighted by molar-refractivity contribution is -0.141. The Kier molecular flexibility index (Phi) is 3.51. The molecular formula is C12H13F3N4. The van der Waals surface area contributed by atoms with Crippen molar-refractivity contribution in [3.63, 3.8) is 0 Å². The molecule has 0 unspecified atom stereocenters. The molecule has 1 aliphatic rings. The second-order valence-electron chi connectivity index (χ2n) is 4.46. The number of nitriles is 1. The molecule has 0 atom stereocenters. The van der Waals surface area contributed by atoms with Crippen LogP contribution in [0.4, 0.5) is 24.5 Å². The first-order chi connectivity index (χ1) is 8.93. The summed E-state index contributed by atoms with van der Waals surface area (Å²) in [7, 11) is 0. The van der Waals surface area contributed by atoms with Crippen molar-refractivity contribution in [2.75, 3.05) is 17.2 Å². The molecule has 4 nitrogen and oxygen atoms in total. The van der Waals surface area contributed by atoms with Gasteiger partial charge in [0, 0.05) is 12.6 Å². The Morgan fingerprint density at radius 3 is 2.68 bits per heavy atom. The largest absolute Gasteiger partial charge is 0.433 e. The second kappa shape index (κ2) is 4.96. The number of pyridine rings is 1. The highest BCUT2D eigenvalue weighted by Gasteiger charge is 2.35. The van der Waals surface area contributed by atoms with E-state index in [-0.39, 0.29) is 18.2 Å². The van der Waals surface area contributed by atoms with Crippen LogP contribution in [0.5, 0.6) is 0 Å². The topological polar surface area (TPSA) is 65.9 Å². The number of hydrogen-bond donors (Lipinski definition) is 1. The van der Waals surface area contributed by atoms with E-state index in [1.54, 1.807) is 4.90 Å². The maximum absolute atomic E-state index is 12.7. The number of nitrogens with two attached hydrogens (primary N) is 1. The Morgan fingerprint density at radius 1 is 1.47 bits per heavy atom. The first-order valence-corrected chi connectivity index (χ1v) is 5.90. The molecule has 1 aromatic rings. The van der Waals surface area contributed by atoms with Gasteiger partial charge in [0.25, 0.3) is 0 Å². The molecule has 7 heteroatoms. The molecule has 0 spiro atoms. The fourth-order valence-electron chi connectivity index (χ4n) is 1.92. The number of nitrogen functional groups attached to an aromatic ring is 1. The Labute approximate surface area is 108 Å². The van der Waals surface area contributed by atoms with Gasteiger partial charge < -0.3 is 10.6 Å². The van der Waals surface area contributed by atoms with Crippen LogP contribution in [0.25, 0.3) is 0 Å². The predicted octanol–water partition coefficient (Wildman–Crippen LogP) is 2.57. The average Bonchev–Trinajstić information content (AvgIpc) is 3.14. The molecule has 2 N–H and O–H groups in total. The molecule has 0 radical (unpaired) electrons. The van der Waals surface area contributed by atoms with E-state index in [9.17, 15) is 13.2 Å². The third kappa shape index (κ3) is 3.08. The summed E-state index contributed by atoms with van der Waals surface area (Å²) in [6.07, 6.45) is -1.39. The Balaban J connectivity index is 2.33. The van der Waals surface area contributed by atoms with Crippen LogP contribution < -0.4 is 10.6 Å². The average molecular weight is 270 g/mol. The van der Waals surface area contributed by atoms with Crippen LogP contribution in [0.3, 0.4) is 0 Å².